The number of nitrogens with two attached hydrogens (primary N) is 1. The predicted molar refractivity (Wildman–Crippen MR) is 116 cm³/mol. The molecule has 0 saturated carbocycles. The summed E-state index contributed by atoms with van der Waals surface area (Å²) < 4.78 is 7.92. The Balaban J connectivity index is 0.00000280. The molecular weight excluding hydrogens is 397 g/mol. The lowest BCUT2D eigenvalue weighted by Gasteiger charge is -2.32. The van der Waals surface area contributed by atoms with Crippen molar-refractivity contribution in [1.82, 2.24) is 9.47 Å². The van der Waals surface area contributed by atoms with Crippen LogP contribution < -0.4 is 5.73 Å². The fraction of sp³-hybridized carbons (Fsp3) is 0.476. The number of aryl methyl sites for hydroxylation is 1. The minimum atomic E-state index is 0. The fourth-order valence-electron chi connectivity index (χ4n) is 3.72. The van der Waals surface area contributed by atoms with Crippen molar-refractivity contribution in [2.45, 2.75) is 39.2 Å². The van der Waals surface area contributed by atoms with Crippen LogP contribution in [0.3, 0.4) is 0 Å². The number of nitrogens with zero attached hydrogens (tertiary/aromatic N) is 2. The van der Waals surface area contributed by atoms with Gasteiger partial charge in [0.1, 0.15) is 0 Å². The highest BCUT2D eigenvalue weighted by molar-refractivity contribution is 6.30. The molecule has 2 heterocycles. The molecule has 0 spiro atoms. The van der Waals surface area contributed by atoms with E-state index in [2.05, 4.69) is 4.57 Å². The molecule has 3 rings (SSSR count). The summed E-state index contributed by atoms with van der Waals surface area (Å²) in [6, 6.07) is 9.67. The molecule has 1 aromatic heterocycles. The molecule has 0 unspecified atom stereocenters. The van der Waals surface area contributed by atoms with Crippen LogP contribution >= 0.6 is 24.0 Å². The number of rotatable bonds is 6. The van der Waals surface area contributed by atoms with Crippen molar-refractivity contribution in [1.29, 1.82) is 0 Å². The van der Waals surface area contributed by atoms with Gasteiger partial charge in [-0.1, -0.05) is 17.7 Å². The SMILES string of the molecule is Cc1cc(C(=O)N2CCC(OCCCN)CC2)c(C)n1-c1cccc(Cl)c1.Cl. The average molecular weight is 426 g/mol. The lowest BCUT2D eigenvalue weighted by Crippen LogP contribution is -2.41. The van der Waals surface area contributed by atoms with E-state index in [1.807, 2.05) is 49.1 Å². The number of amides is 1. The lowest BCUT2D eigenvalue weighted by atomic mass is 10.1. The number of halogens is 2. The van der Waals surface area contributed by atoms with Crippen LogP contribution in [-0.4, -0.2) is 47.7 Å². The van der Waals surface area contributed by atoms with Crippen molar-refractivity contribution in [3.05, 3.63) is 52.3 Å². The maximum atomic E-state index is 13.1. The molecular formula is C21H29Cl2N3O2. The van der Waals surface area contributed by atoms with E-state index in [1.54, 1.807) is 0 Å². The molecule has 154 valence electrons. The Morgan fingerprint density at radius 1 is 1.25 bits per heavy atom. The van der Waals surface area contributed by atoms with Gasteiger partial charge >= 0.3 is 0 Å². The summed E-state index contributed by atoms with van der Waals surface area (Å²) in [6.07, 6.45) is 2.88. The molecule has 5 nitrogen and oxygen atoms in total. The minimum absolute atomic E-state index is 0. The number of carbonyl (C=O) groups excluding carboxylic acids is 1. The molecule has 1 amide bonds. The monoisotopic (exact) mass is 425 g/mol. The van der Waals surface area contributed by atoms with Gasteiger partial charge in [0.05, 0.1) is 11.7 Å². The largest absolute Gasteiger partial charge is 0.378 e. The molecule has 0 aliphatic carbocycles. The topological polar surface area (TPSA) is 60.5 Å². The van der Waals surface area contributed by atoms with Crippen LogP contribution in [0.4, 0.5) is 0 Å². The molecule has 1 fully saturated rings. The molecule has 2 aromatic rings. The zero-order chi connectivity index (χ0) is 19.4. The Labute approximate surface area is 178 Å². The van der Waals surface area contributed by atoms with Crippen LogP contribution in [0.15, 0.2) is 30.3 Å². The first-order valence-electron chi connectivity index (χ1n) is 9.57. The molecule has 1 saturated heterocycles. The van der Waals surface area contributed by atoms with Crippen molar-refractivity contribution < 1.29 is 9.53 Å². The summed E-state index contributed by atoms with van der Waals surface area (Å²) in [7, 11) is 0. The summed E-state index contributed by atoms with van der Waals surface area (Å²) in [4.78, 5) is 15.0. The Morgan fingerprint density at radius 2 is 1.96 bits per heavy atom. The van der Waals surface area contributed by atoms with Gasteiger partial charge in [-0.2, -0.15) is 0 Å². The van der Waals surface area contributed by atoms with Gasteiger partial charge < -0.3 is 19.9 Å². The Kier molecular flexibility index (Phi) is 8.38. The molecule has 1 aromatic carbocycles. The number of benzene rings is 1. The van der Waals surface area contributed by atoms with E-state index >= 15 is 0 Å². The van der Waals surface area contributed by atoms with E-state index in [4.69, 9.17) is 22.1 Å². The van der Waals surface area contributed by atoms with Gasteiger partial charge in [-0.15, -0.1) is 12.4 Å². The molecule has 7 heteroatoms. The van der Waals surface area contributed by atoms with Crippen molar-refractivity contribution in [3.63, 3.8) is 0 Å². The van der Waals surface area contributed by atoms with Crippen LogP contribution in [0, 0.1) is 13.8 Å². The minimum Gasteiger partial charge on any atom is -0.378 e. The second-order valence-corrected chi connectivity index (χ2v) is 7.54. The van der Waals surface area contributed by atoms with Gasteiger partial charge in [-0.05, 0) is 63.9 Å². The summed E-state index contributed by atoms with van der Waals surface area (Å²) in [5.74, 6) is 0.0942. The predicted octanol–water partition coefficient (Wildman–Crippen LogP) is 4.14. The number of hydrogen-bond donors (Lipinski definition) is 1. The van der Waals surface area contributed by atoms with Crippen molar-refractivity contribution >= 4 is 29.9 Å². The van der Waals surface area contributed by atoms with Gasteiger partial charge in [0.25, 0.3) is 5.91 Å². The molecule has 0 atom stereocenters. The van der Waals surface area contributed by atoms with E-state index in [0.29, 0.717) is 18.2 Å². The van der Waals surface area contributed by atoms with Gasteiger partial charge in [0.2, 0.25) is 0 Å². The highest BCUT2D eigenvalue weighted by Gasteiger charge is 2.26. The zero-order valence-corrected chi connectivity index (χ0v) is 18.1. The smallest absolute Gasteiger partial charge is 0.255 e. The molecule has 1 aliphatic rings. The number of likely N-dealkylation sites (tertiary alicyclic amines) is 1. The third kappa shape index (κ3) is 5.09. The normalized spacial score (nSPS) is 14.8. The number of aromatic nitrogens is 1. The zero-order valence-electron chi connectivity index (χ0n) is 16.5. The number of hydrogen-bond acceptors (Lipinski definition) is 3. The van der Waals surface area contributed by atoms with E-state index in [-0.39, 0.29) is 24.4 Å². The highest BCUT2D eigenvalue weighted by atomic mass is 35.5. The first kappa shape index (κ1) is 22.8. The van der Waals surface area contributed by atoms with Gasteiger partial charge in [-0.3, -0.25) is 4.79 Å². The number of ether oxygens (including phenoxy) is 1. The maximum Gasteiger partial charge on any atom is 0.255 e. The summed E-state index contributed by atoms with van der Waals surface area (Å²) >= 11 is 6.14. The highest BCUT2D eigenvalue weighted by Crippen LogP contribution is 2.25. The van der Waals surface area contributed by atoms with Gasteiger partial charge in [0.15, 0.2) is 0 Å². The van der Waals surface area contributed by atoms with Crippen LogP contribution in [0.25, 0.3) is 5.69 Å². The average Bonchev–Trinajstić information content (AvgIpc) is 2.96. The Morgan fingerprint density at radius 3 is 2.61 bits per heavy atom. The first-order chi connectivity index (χ1) is 13.0. The van der Waals surface area contributed by atoms with E-state index in [9.17, 15) is 4.79 Å². The third-order valence-electron chi connectivity index (χ3n) is 5.16. The summed E-state index contributed by atoms with van der Waals surface area (Å²) in [6.45, 7) is 6.82. The third-order valence-corrected chi connectivity index (χ3v) is 5.39. The van der Waals surface area contributed by atoms with E-state index in [1.165, 1.54) is 0 Å². The van der Waals surface area contributed by atoms with Crippen LogP contribution in [0.2, 0.25) is 5.02 Å². The Hall–Kier alpha value is -1.53. The lowest BCUT2D eigenvalue weighted by molar-refractivity contribution is 0.00843. The molecule has 28 heavy (non-hydrogen) atoms. The van der Waals surface area contributed by atoms with Crippen LogP contribution in [0.1, 0.15) is 41.0 Å². The van der Waals surface area contributed by atoms with Crippen LogP contribution in [-0.2, 0) is 4.74 Å². The summed E-state index contributed by atoms with van der Waals surface area (Å²) in [5.41, 5.74) is 9.21. The van der Waals surface area contributed by atoms with Gasteiger partial charge in [0, 0.05) is 41.8 Å². The van der Waals surface area contributed by atoms with E-state index < -0.39 is 0 Å². The van der Waals surface area contributed by atoms with E-state index in [0.717, 1.165) is 55.0 Å². The molecule has 1 aliphatic heterocycles. The standard InChI is InChI=1S/C21H28ClN3O2.ClH/c1-15-13-20(16(2)25(15)18-6-3-5-17(22)14-18)21(26)24-10-7-19(8-11-24)27-12-4-9-23;/h3,5-6,13-14,19H,4,7-12,23H2,1-2H3;1H. The second kappa shape index (κ2) is 10.3. The van der Waals surface area contributed by atoms with Crippen molar-refractivity contribution in [2.24, 2.45) is 5.73 Å². The number of carbonyl (C=O) groups is 1. The second-order valence-electron chi connectivity index (χ2n) is 7.10. The molecule has 2 N–H and O–H groups in total. The number of piperidine rings is 1. The van der Waals surface area contributed by atoms with Crippen LogP contribution in [0.5, 0.6) is 0 Å². The first-order valence-corrected chi connectivity index (χ1v) is 9.95. The fourth-order valence-corrected chi connectivity index (χ4v) is 3.91. The quantitative estimate of drug-likeness (QED) is 0.707. The maximum absolute atomic E-state index is 13.1. The van der Waals surface area contributed by atoms with Gasteiger partial charge in [-0.25, -0.2) is 0 Å². The van der Waals surface area contributed by atoms with Crippen molar-refractivity contribution in [3.8, 4) is 5.69 Å². The molecule has 0 radical (unpaired) electrons. The molecule has 0 bridgehead atoms. The Bertz CT molecular complexity index is 799. The van der Waals surface area contributed by atoms with Crippen molar-refractivity contribution in [2.75, 3.05) is 26.2 Å². The summed E-state index contributed by atoms with van der Waals surface area (Å²) in [5, 5.41) is 0.685.